The minimum atomic E-state index is 0.643. The first-order valence-electron chi connectivity index (χ1n) is 7.33. The van der Waals surface area contributed by atoms with Crippen LogP contribution in [-0.4, -0.2) is 11.0 Å². The fourth-order valence-electron chi connectivity index (χ4n) is 2.97. The highest BCUT2D eigenvalue weighted by Crippen LogP contribution is 2.26. The molecule has 102 valence electrons. The Morgan fingerprint density at radius 2 is 1.89 bits per heavy atom. The summed E-state index contributed by atoms with van der Waals surface area (Å²) in [6.07, 6.45) is 8.56. The number of nitrogens with zero attached hydrogens (tertiary/aromatic N) is 1. The Morgan fingerprint density at radius 1 is 1.22 bits per heavy atom. The molecule has 2 rings (SSSR count). The summed E-state index contributed by atoms with van der Waals surface area (Å²) < 4.78 is 0. The van der Waals surface area contributed by atoms with Crippen LogP contribution in [0.1, 0.15) is 61.0 Å². The maximum Gasteiger partial charge on any atom is 0.0900 e. The van der Waals surface area contributed by atoms with Gasteiger partial charge in [-0.1, -0.05) is 25.7 Å². The molecule has 1 fully saturated rings. The molecule has 1 aliphatic carbocycles. The topological polar surface area (TPSA) is 24.9 Å². The van der Waals surface area contributed by atoms with Crippen LogP contribution in [0, 0.1) is 19.8 Å². The van der Waals surface area contributed by atoms with Gasteiger partial charge >= 0.3 is 0 Å². The van der Waals surface area contributed by atoms with Gasteiger partial charge in [-0.15, -0.1) is 11.3 Å². The molecule has 0 aliphatic heterocycles. The molecule has 0 bridgehead atoms. The highest BCUT2D eigenvalue weighted by Gasteiger charge is 2.19. The van der Waals surface area contributed by atoms with Crippen LogP contribution in [0.4, 0.5) is 0 Å². The second-order valence-corrected chi connectivity index (χ2v) is 6.95. The van der Waals surface area contributed by atoms with Crippen LogP contribution < -0.4 is 5.32 Å². The zero-order valence-corrected chi connectivity index (χ0v) is 12.8. The Morgan fingerprint density at radius 3 is 2.44 bits per heavy atom. The van der Waals surface area contributed by atoms with Crippen LogP contribution in [0.2, 0.25) is 0 Å². The van der Waals surface area contributed by atoms with Gasteiger partial charge < -0.3 is 5.32 Å². The molecule has 1 N–H and O–H groups in total. The summed E-state index contributed by atoms with van der Waals surface area (Å²) in [5, 5.41) is 4.91. The van der Waals surface area contributed by atoms with Crippen molar-refractivity contribution in [3.8, 4) is 0 Å². The molecule has 1 aliphatic rings. The summed E-state index contributed by atoms with van der Waals surface area (Å²) in [4.78, 5) is 5.91. The molecular weight excluding hydrogens is 240 g/mol. The molecular formula is C15H26N2S. The predicted octanol–water partition coefficient (Wildman–Crippen LogP) is 4.21. The molecule has 0 unspecified atom stereocenters. The van der Waals surface area contributed by atoms with Crippen molar-refractivity contribution >= 4 is 11.3 Å². The monoisotopic (exact) mass is 266 g/mol. The van der Waals surface area contributed by atoms with Gasteiger partial charge in [0.2, 0.25) is 0 Å². The number of thiazole rings is 1. The normalized spacial score (nSPS) is 19.7. The molecule has 0 amide bonds. The second-order valence-electron chi connectivity index (χ2n) is 5.66. The quantitative estimate of drug-likeness (QED) is 0.826. The minimum Gasteiger partial charge on any atom is -0.309 e. The van der Waals surface area contributed by atoms with Crippen LogP contribution in [0.15, 0.2) is 0 Å². The molecule has 1 aromatic rings. The molecule has 1 atom stereocenters. The summed E-state index contributed by atoms with van der Waals surface area (Å²) >= 11 is 1.83. The van der Waals surface area contributed by atoms with Crippen molar-refractivity contribution in [1.29, 1.82) is 0 Å². The summed E-state index contributed by atoms with van der Waals surface area (Å²) in [5.74, 6) is 0.877. The van der Waals surface area contributed by atoms with Gasteiger partial charge in [0.15, 0.2) is 0 Å². The zero-order chi connectivity index (χ0) is 13.0. The van der Waals surface area contributed by atoms with E-state index in [9.17, 15) is 0 Å². The van der Waals surface area contributed by atoms with Gasteiger partial charge in [0, 0.05) is 17.5 Å². The number of hydrogen-bond donors (Lipinski definition) is 1. The van der Waals surface area contributed by atoms with E-state index in [2.05, 4.69) is 31.1 Å². The number of rotatable bonds is 4. The molecule has 1 saturated carbocycles. The van der Waals surface area contributed by atoms with Crippen molar-refractivity contribution in [1.82, 2.24) is 10.3 Å². The Labute approximate surface area is 115 Å². The van der Waals surface area contributed by atoms with Crippen LogP contribution in [0.5, 0.6) is 0 Å². The van der Waals surface area contributed by atoms with Crippen LogP contribution in [0.25, 0.3) is 0 Å². The van der Waals surface area contributed by atoms with Gasteiger partial charge in [-0.2, -0.15) is 0 Å². The average Bonchev–Trinajstić information content (AvgIpc) is 2.59. The van der Waals surface area contributed by atoms with E-state index >= 15 is 0 Å². The van der Waals surface area contributed by atoms with Gasteiger partial charge in [-0.25, -0.2) is 4.98 Å². The molecule has 18 heavy (non-hydrogen) atoms. The third-order valence-corrected chi connectivity index (χ3v) is 5.26. The minimum absolute atomic E-state index is 0.643. The summed E-state index contributed by atoms with van der Waals surface area (Å²) in [6, 6.07) is 0.643. The first-order valence-corrected chi connectivity index (χ1v) is 8.14. The van der Waals surface area contributed by atoms with Gasteiger partial charge in [-0.05, 0) is 39.5 Å². The fourth-order valence-corrected chi connectivity index (χ4v) is 3.86. The average molecular weight is 266 g/mol. The number of aryl methyl sites for hydroxylation is 2. The zero-order valence-electron chi connectivity index (χ0n) is 12.0. The standard InChI is InChI=1S/C15H26N2S/c1-11(14-8-6-4-5-7-9-14)16-10-15-12(2)17-13(3)18-15/h11,14,16H,4-10H2,1-3H3/t11-/m1/s1. The lowest BCUT2D eigenvalue weighted by Crippen LogP contribution is -2.32. The first kappa shape index (κ1) is 14.0. The Kier molecular flexibility index (Phi) is 5.19. The van der Waals surface area contributed by atoms with Crippen molar-refractivity contribution in [2.24, 2.45) is 5.92 Å². The van der Waals surface area contributed by atoms with Gasteiger partial charge in [0.1, 0.15) is 0 Å². The van der Waals surface area contributed by atoms with Gasteiger partial charge in [-0.3, -0.25) is 0 Å². The Bertz CT molecular complexity index is 365. The molecule has 0 saturated heterocycles. The summed E-state index contributed by atoms with van der Waals surface area (Å²) in [5.41, 5.74) is 1.21. The number of aromatic nitrogens is 1. The number of hydrogen-bond acceptors (Lipinski definition) is 3. The largest absolute Gasteiger partial charge is 0.309 e. The van der Waals surface area contributed by atoms with Crippen molar-refractivity contribution < 1.29 is 0 Å². The molecule has 0 aromatic carbocycles. The smallest absolute Gasteiger partial charge is 0.0900 e. The van der Waals surface area contributed by atoms with Crippen molar-refractivity contribution in [3.63, 3.8) is 0 Å². The first-order chi connectivity index (χ1) is 8.66. The van der Waals surface area contributed by atoms with Crippen LogP contribution in [-0.2, 0) is 6.54 Å². The highest BCUT2D eigenvalue weighted by molar-refractivity contribution is 7.11. The predicted molar refractivity (Wildman–Crippen MR) is 79.1 cm³/mol. The second kappa shape index (κ2) is 6.67. The molecule has 2 nitrogen and oxygen atoms in total. The lowest BCUT2D eigenvalue weighted by atomic mass is 9.93. The van der Waals surface area contributed by atoms with Crippen LogP contribution in [0.3, 0.4) is 0 Å². The molecule has 0 spiro atoms. The molecule has 1 heterocycles. The van der Waals surface area contributed by atoms with E-state index in [4.69, 9.17) is 0 Å². The van der Waals surface area contributed by atoms with E-state index in [0.717, 1.165) is 12.5 Å². The van der Waals surface area contributed by atoms with E-state index in [0.29, 0.717) is 6.04 Å². The SMILES string of the molecule is Cc1nc(C)c(CN[C@H](C)C2CCCCCC2)s1. The van der Waals surface area contributed by atoms with Gasteiger partial charge in [0.05, 0.1) is 10.7 Å². The van der Waals surface area contributed by atoms with E-state index in [1.165, 1.54) is 54.1 Å². The van der Waals surface area contributed by atoms with Crippen molar-refractivity contribution in [2.45, 2.75) is 71.9 Å². The van der Waals surface area contributed by atoms with E-state index in [-0.39, 0.29) is 0 Å². The summed E-state index contributed by atoms with van der Waals surface area (Å²) in [7, 11) is 0. The fraction of sp³-hybridized carbons (Fsp3) is 0.800. The lowest BCUT2D eigenvalue weighted by molar-refractivity contribution is 0.337. The van der Waals surface area contributed by atoms with Crippen LogP contribution >= 0.6 is 11.3 Å². The lowest BCUT2D eigenvalue weighted by Gasteiger charge is -2.23. The van der Waals surface area contributed by atoms with E-state index in [1.54, 1.807) is 0 Å². The van der Waals surface area contributed by atoms with Crippen molar-refractivity contribution in [2.75, 3.05) is 0 Å². The number of nitrogens with one attached hydrogen (secondary N) is 1. The van der Waals surface area contributed by atoms with Gasteiger partial charge in [0.25, 0.3) is 0 Å². The Balaban J connectivity index is 1.83. The summed E-state index contributed by atoms with van der Waals surface area (Å²) in [6.45, 7) is 7.57. The van der Waals surface area contributed by atoms with E-state index in [1.807, 2.05) is 11.3 Å². The third kappa shape index (κ3) is 3.79. The maximum absolute atomic E-state index is 4.50. The maximum atomic E-state index is 4.50. The Hall–Kier alpha value is -0.410. The molecule has 0 radical (unpaired) electrons. The molecule has 1 aromatic heterocycles. The van der Waals surface area contributed by atoms with E-state index < -0.39 is 0 Å². The highest BCUT2D eigenvalue weighted by atomic mass is 32.1. The molecule has 3 heteroatoms. The third-order valence-electron chi connectivity index (χ3n) is 4.19. The van der Waals surface area contributed by atoms with Crippen molar-refractivity contribution in [3.05, 3.63) is 15.6 Å².